The quantitative estimate of drug-likeness (QED) is 0.223. The highest BCUT2D eigenvalue weighted by Gasteiger charge is 2.21. The molecular weight excluding hydrogens is 409 g/mol. The van der Waals surface area contributed by atoms with Gasteiger partial charge in [-0.25, -0.2) is 0 Å². The molecule has 0 aliphatic rings. The maximum absolute atomic E-state index is 9.75. The molecule has 0 atom stereocenters. The van der Waals surface area contributed by atoms with Crippen molar-refractivity contribution in [1.82, 2.24) is 0 Å². The first-order valence-electron chi connectivity index (χ1n) is 6.78. The van der Waals surface area contributed by atoms with Gasteiger partial charge in [0.25, 0.3) is 0 Å². The van der Waals surface area contributed by atoms with Crippen LogP contribution in [0.15, 0.2) is 43.0 Å². The van der Waals surface area contributed by atoms with Crippen LogP contribution in [-0.4, -0.2) is 28.4 Å². The Morgan fingerprint density at radius 1 is 0.704 bits per heavy atom. The molecule has 0 aliphatic carbocycles. The lowest BCUT2D eigenvalue weighted by Crippen LogP contribution is -2.02. The van der Waals surface area contributed by atoms with Crippen LogP contribution in [0.2, 0.25) is 0 Å². The van der Waals surface area contributed by atoms with Crippen molar-refractivity contribution in [2.45, 2.75) is 13.0 Å². The second kappa shape index (κ2) is 15.3. The molecule has 0 N–H and O–H groups in total. The topological polar surface area (TPSA) is 9.23 Å². The number of ether oxygens (including phenoxy) is 1. The van der Waals surface area contributed by atoms with Crippen LogP contribution >= 0.6 is 0 Å². The van der Waals surface area contributed by atoms with E-state index in [1.54, 1.807) is 0 Å². The Morgan fingerprint density at radius 2 is 1.04 bits per heavy atom. The van der Waals surface area contributed by atoms with Crippen molar-refractivity contribution in [2.24, 2.45) is 0 Å². The van der Waals surface area contributed by atoms with Gasteiger partial charge in [0, 0.05) is 0 Å². The monoisotopic (exact) mass is 423 g/mol. The molecule has 1 nitrogen and oxygen atoms in total. The fourth-order valence-electron chi connectivity index (χ4n) is 0.931. The molecule has 0 saturated heterocycles. The molecule has 0 aromatic heterocycles. The van der Waals surface area contributed by atoms with Gasteiger partial charge >= 0.3 is 21.8 Å². The van der Waals surface area contributed by atoms with Crippen molar-refractivity contribution >= 4 is 21.8 Å². The van der Waals surface area contributed by atoms with E-state index >= 15 is 0 Å². The van der Waals surface area contributed by atoms with E-state index in [1.807, 2.05) is 24.3 Å². The third-order valence-corrected chi connectivity index (χ3v) is 1.58. The van der Waals surface area contributed by atoms with E-state index in [9.17, 15) is 51.8 Å². The number of halogens is 12. The SMILES string of the molecule is C=CCCOCc1ccccc1.F[B-](F)(F)F.F[B-](F)(F)F.F[B-](F)(F)F. The minimum Gasteiger partial charge on any atom is -0.418 e. The lowest BCUT2D eigenvalue weighted by Gasteiger charge is -2.01. The Balaban J connectivity index is -0.000000323. The van der Waals surface area contributed by atoms with Crippen LogP contribution in [0.25, 0.3) is 0 Å². The molecule has 0 amide bonds. The van der Waals surface area contributed by atoms with E-state index in [2.05, 4.69) is 18.7 Å². The molecule has 1 aromatic carbocycles. The molecule has 0 saturated carbocycles. The summed E-state index contributed by atoms with van der Waals surface area (Å²) in [7, 11) is -18.0. The Hall–Kier alpha value is -1.73. The molecule has 0 heterocycles. The summed E-state index contributed by atoms with van der Waals surface area (Å²) in [5.41, 5.74) is 1.22. The first kappa shape index (κ1) is 30.0. The van der Waals surface area contributed by atoms with Gasteiger partial charge in [-0.2, -0.15) is 0 Å². The average Bonchev–Trinajstić information content (AvgIpc) is 2.39. The Bertz CT molecular complexity index is 414. The third-order valence-electron chi connectivity index (χ3n) is 1.58. The van der Waals surface area contributed by atoms with Crippen molar-refractivity contribution < 1.29 is 56.5 Å². The second-order valence-corrected chi connectivity index (χ2v) is 4.10. The standard InChI is InChI=1S/C11H14O.3BF4/c1-2-3-9-12-10-11-7-5-4-6-8-11;3*2-1(3,4)5/h2,4-8H,1,3,9-10H2;;;/q;3*-1. The van der Waals surface area contributed by atoms with Gasteiger partial charge in [0.2, 0.25) is 0 Å². The van der Waals surface area contributed by atoms with Crippen LogP contribution in [0.4, 0.5) is 51.8 Å². The molecule has 16 heteroatoms. The normalized spacial score (nSPS) is 11.0. The summed E-state index contributed by atoms with van der Waals surface area (Å²) in [6.07, 6.45) is 2.79. The van der Waals surface area contributed by atoms with Crippen molar-refractivity contribution in [1.29, 1.82) is 0 Å². The average molecular weight is 423 g/mol. The highest BCUT2D eigenvalue weighted by molar-refractivity contribution is 6.50. The number of rotatable bonds is 5. The molecule has 0 aliphatic heterocycles. The summed E-state index contributed by atoms with van der Waals surface area (Å²) < 4.78 is 122. The fraction of sp³-hybridized carbons (Fsp3) is 0.273. The summed E-state index contributed by atoms with van der Waals surface area (Å²) >= 11 is 0. The Labute approximate surface area is 147 Å². The lowest BCUT2D eigenvalue weighted by atomic mass is 10.2. The first-order chi connectivity index (χ1) is 11.9. The predicted molar refractivity (Wildman–Crippen MR) is 81.5 cm³/mol. The summed E-state index contributed by atoms with van der Waals surface area (Å²) in [6, 6.07) is 10.2. The smallest absolute Gasteiger partial charge is 0.418 e. The van der Waals surface area contributed by atoms with Gasteiger partial charge < -0.3 is 56.5 Å². The van der Waals surface area contributed by atoms with E-state index in [0.717, 1.165) is 13.0 Å². The van der Waals surface area contributed by atoms with Crippen LogP contribution in [0.1, 0.15) is 12.0 Å². The summed E-state index contributed by atoms with van der Waals surface area (Å²) in [5.74, 6) is 0. The van der Waals surface area contributed by atoms with Crippen molar-refractivity contribution in [2.75, 3.05) is 6.61 Å². The molecule has 160 valence electrons. The van der Waals surface area contributed by atoms with Crippen molar-refractivity contribution in [3.63, 3.8) is 0 Å². The van der Waals surface area contributed by atoms with Gasteiger partial charge in [0.1, 0.15) is 0 Å². The van der Waals surface area contributed by atoms with Gasteiger partial charge in [-0.15, -0.1) is 6.58 Å². The summed E-state index contributed by atoms with van der Waals surface area (Å²) in [4.78, 5) is 0. The Kier molecular flexibility index (Phi) is 17.1. The third kappa shape index (κ3) is 79.9. The van der Waals surface area contributed by atoms with Gasteiger partial charge in [-0.3, -0.25) is 0 Å². The molecule has 1 rings (SSSR count). The number of hydrogen-bond donors (Lipinski definition) is 0. The molecule has 1 aromatic rings. The van der Waals surface area contributed by atoms with Crippen LogP contribution < -0.4 is 0 Å². The molecule has 27 heavy (non-hydrogen) atoms. The lowest BCUT2D eigenvalue weighted by molar-refractivity contribution is 0.125. The highest BCUT2D eigenvalue weighted by Crippen LogP contribution is 2.07. The molecular formula is C11H14B3F12O-3. The first-order valence-corrected chi connectivity index (χ1v) is 6.78. The van der Waals surface area contributed by atoms with Gasteiger partial charge in [0.05, 0.1) is 13.2 Å². The fourth-order valence-corrected chi connectivity index (χ4v) is 0.931. The minimum atomic E-state index is -6.00. The zero-order valence-electron chi connectivity index (χ0n) is 13.5. The molecule has 0 fully saturated rings. The van der Waals surface area contributed by atoms with E-state index in [0.29, 0.717) is 6.61 Å². The van der Waals surface area contributed by atoms with Gasteiger partial charge in [-0.05, 0) is 12.0 Å². The summed E-state index contributed by atoms with van der Waals surface area (Å²) in [6.45, 7) is 5.09. The molecule has 0 spiro atoms. The summed E-state index contributed by atoms with van der Waals surface area (Å²) in [5, 5.41) is 0. The van der Waals surface area contributed by atoms with Gasteiger partial charge in [-0.1, -0.05) is 36.4 Å². The highest BCUT2D eigenvalue weighted by atomic mass is 19.5. The second-order valence-electron chi connectivity index (χ2n) is 4.10. The predicted octanol–water partition coefficient (Wildman–Crippen LogP) is 6.68. The van der Waals surface area contributed by atoms with Crippen molar-refractivity contribution in [3.05, 3.63) is 48.6 Å². The Morgan fingerprint density at radius 3 is 1.33 bits per heavy atom. The van der Waals surface area contributed by atoms with Gasteiger partial charge in [0.15, 0.2) is 0 Å². The van der Waals surface area contributed by atoms with Crippen LogP contribution in [0.3, 0.4) is 0 Å². The number of hydrogen-bond acceptors (Lipinski definition) is 1. The molecule has 0 unspecified atom stereocenters. The van der Waals surface area contributed by atoms with Crippen LogP contribution in [-0.2, 0) is 11.3 Å². The largest absolute Gasteiger partial charge is 0.673 e. The van der Waals surface area contributed by atoms with Crippen molar-refractivity contribution in [3.8, 4) is 0 Å². The zero-order chi connectivity index (χ0) is 22.1. The molecule has 0 radical (unpaired) electrons. The minimum absolute atomic E-state index is 0.703. The zero-order valence-corrected chi connectivity index (χ0v) is 13.5. The van der Waals surface area contributed by atoms with E-state index in [1.165, 1.54) is 5.56 Å². The number of benzene rings is 1. The molecule has 0 bridgehead atoms. The van der Waals surface area contributed by atoms with Crippen LogP contribution in [0, 0.1) is 0 Å². The van der Waals surface area contributed by atoms with E-state index in [4.69, 9.17) is 4.74 Å². The maximum atomic E-state index is 9.75. The van der Waals surface area contributed by atoms with Crippen LogP contribution in [0.5, 0.6) is 0 Å². The van der Waals surface area contributed by atoms with E-state index < -0.39 is 21.8 Å². The maximum Gasteiger partial charge on any atom is 0.673 e. The van der Waals surface area contributed by atoms with E-state index in [-0.39, 0.29) is 0 Å².